The minimum Gasteiger partial charge on any atom is -0.497 e. The molecular formula is C17H18NO3S. The maximum Gasteiger partial charge on any atom is 0.246 e. The van der Waals surface area contributed by atoms with Crippen molar-refractivity contribution in [3.8, 4) is 16.2 Å². The van der Waals surface area contributed by atoms with Crippen molar-refractivity contribution in [1.82, 2.24) is 0 Å². The summed E-state index contributed by atoms with van der Waals surface area (Å²) in [5.41, 5.74) is 1.86. The fourth-order valence-electron chi connectivity index (χ4n) is 2.50. The van der Waals surface area contributed by atoms with Crippen molar-refractivity contribution in [2.45, 2.75) is 25.5 Å². The highest BCUT2D eigenvalue weighted by atomic mass is 32.1. The van der Waals surface area contributed by atoms with Gasteiger partial charge in [0.2, 0.25) is 6.29 Å². The molecule has 3 rings (SSSR count). The predicted octanol–water partition coefficient (Wildman–Crippen LogP) is 3.82. The summed E-state index contributed by atoms with van der Waals surface area (Å²) < 4.78 is 10.8. The van der Waals surface area contributed by atoms with E-state index in [0.29, 0.717) is 4.88 Å². The monoisotopic (exact) mass is 316 g/mol. The molecule has 1 atom stereocenters. The van der Waals surface area contributed by atoms with Crippen molar-refractivity contribution >= 4 is 23.3 Å². The summed E-state index contributed by atoms with van der Waals surface area (Å²) in [6.45, 7) is 0.771. The first-order valence-electron chi connectivity index (χ1n) is 7.34. The molecule has 1 saturated heterocycles. The van der Waals surface area contributed by atoms with E-state index in [9.17, 15) is 4.79 Å². The molecule has 22 heavy (non-hydrogen) atoms. The van der Waals surface area contributed by atoms with Gasteiger partial charge < -0.3 is 14.8 Å². The molecule has 2 heterocycles. The number of carbonyl (C=O) groups excluding carboxylic acids is 1. The molecule has 4 nitrogen and oxygen atoms in total. The number of thiophene rings is 1. The van der Waals surface area contributed by atoms with Gasteiger partial charge in [-0.25, -0.2) is 0 Å². The quantitative estimate of drug-likeness (QED) is 0.911. The van der Waals surface area contributed by atoms with Crippen molar-refractivity contribution < 1.29 is 14.3 Å². The molecule has 0 aliphatic carbocycles. The molecule has 115 valence electrons. The Labute approximate surface area is 134 Å². The Morgan fingerprint density at radius 3 is 2.77 bits per heavy atom. The zero-order valence-corrected chi connectivity index (χ0v) is 13.2. The number of rotatable bonds is 5. The molecule has 2 aromatic rings. The number of anilines is 1. The number of hydrogen-bond donors (Lipinski definition) is 1. The van der Waals surface area contributed by atoms with Gasteiger partial charge in [-0.2, -0.15) is 0 Å². The predicted molar refractivity (Wildman–Crippen MR) is 88.3 cm³/mol. The summed E-state index contributed by atoms with van der Waals surface area (Å²) in [5, 5.41) is 3.31. The molecule has 5 heteroatoms. The molecule has 1 fully saturated rings. The van der Waals surface area contributed by atoms with Gasteiger partial charge in [0.1, 0.15) is 16.9 Å². The number of ether oxygens (including phenoxy) is 2. The van der Waals surface area contributed by atoms with E-state index in [1.807, 2.05) is 36.6 Å². The van der Waals surface area contributed by atoms with E-state index >= 15 is 0 Å². The molecule has 1 aromatic heterocycles. The Hall–Kier alpha value is -1.85. The van der Waals surface area contributed by atoms with Crippen LogP contribution >= 0.6 is 11.3 Å². The first kappa shape index (κ1) is 15.1. The highest BCUT2D eigenvalue weighted by Crippen LogP contribution is 2.35. The summed E-state index contributed by atoms with van der Waals surface area (Å²) >= 11 is 1.43. The lowest BCUT2D eigenvalue weighted by atomic mass is 10.1. The van der Waals surface area contributed by atoms with Gasteiger partial charge in [0.05, 0.1) is 12.8 Å². The van der Waals surface area contributed by atoms with E-state index in [2.05, 4.69) is 5.32 Å². The molecule has 0 spiro atoms. The van der Waals surface area contributed by atoms with Gasteiger partial charge in [-0.1, -0.05) is 0 Å². The van der Waals surface area contributed by atoms with Crippen LogP contribution in [0.2, 0.25) is 0 Å². The third-order valence-electron chi connectivity index (χ3n) is 3.70. The van der Waals surface area contributed by atoms with Crippen LogP contribution in [0.5, 0.6) is 5.75 Å². The van der Waals surface area contributed by atoms with Crippen molar-refractivity contribution in [2.75, 3.05) is 19.0 Å². The van der Waals surface area contributed by atoms with E-state index in [0.717, 1.165) is 47.7 Å². The molecule has 1 N–H and O–H groups in total. The van der Waals surface area contributed by atoms with Gasteiger partial charge in [-0.15, -0.1) is 11.3 Å². The van der Waals surface area contributed by atoms with Crippen molar-refractivity contribution in [3.63, 3.8) is 0 Å². The maximum absolute atomic E-state index is 11.2. The molecule has 1 aromatic carbocycles. The fourth-order valence-corrected chi connectivity index (χ4v) is 3.42. The van der Waals surface area contributed by atoms with Crippen LogP contribution in [0.1, 0.15) is 24.1 Å². The zero-order valence-electron chi connectivity index (χ0n) is 12.4. The number of benzene rings is 1. The van der Waals surface area contributed by atoms with Crippen LogP contribution in [0.3, 0.4) is 0 Å². The summed E-state index contributed by atoms with van der Waals surface area (Å²) in [5.74, 6) is 0.816. The fraction of sp³-hybridized carbons (Fsp3) is 0.353. The van der Waals surface area contributed by atoms with Gasteiger partial charge in [0.15, 0.2) is 0 Å². The zero-order chi connectivity index (χ0) is 15.4. The Morgan fingerprint density at radius 2 is 2.14 bits per heavy atom. The van der Waals surface area contributed by atoms with E-state index in [-0.39, 0.29) is 6.23 Å². The molecule has 1 aliphatic heterocycles. The summed E-state index contributed by atoms with van der Waals surface area (Å²) in [6, 6.07) is 9.79. The van der Waals surface area contributed by atoms with E-state index in [1.54, 1.807) is 7.11 Å². The largest absolute Gasteiger partial charge is 0.497 e. The first-order chi connectivity index (χ1) is 10.8. The van der Waals surface area contributed by atoms with Crippen LogP contribution in [0.15, 0.2) is 30.3 Å². The van der Waals surface area contributed by atoms with Crippen LogP contribution in [-0.4, -0.2) is 26.2 Å². The number of methoxy groups -OCH3 is 1. The Bertz CT molecular complexity index is 630. The standard InChI is InChI=1S/C17H18NO3S/c1-20-13-7-5-12(6-8-13)15-10-14(16(11-19)22-15)18-17-4-2-3-9-21-17/h5-8,10,17-18H,2-4,9H2,1H3. The van der Waals surface area contributed by atoms with E-state index in [4.69, 9.17) is 9.47 Å². The molecule has 1 radical (unpaired) electrons. The molecule has 0 bridgehead atoms. The summed E-state index contributed by atoms with van der Waals surface area (Å²) in [4.78, 5) is 12.8. The minimum absolute atomic E-state index is 0.0147. The second-order valence-electron chi connectivity index (χ2n) is 5.18. The molecule has 1 unspecified atom stereocenters. The first-order valence-corrected chi connectivity index (χ1v) is 8.16. The average molecular weight is 316 g/mol. The van der Waals surface area contributed by atoms with Crippen LogP contribution in [0.25, 0.3) is 10.4 Å². The van der Waals surface area contributed by atoms with Crippen molar-refractivity contribution in [2.24, 2.45) is 0 Å². The van der Waals surface area contributed by atoms with Gasteiger partial charge in [0.25, 0.3) is 0 Å². The third-order valence-corrected chi connectivity index (χ3v) is 4.78. The lowest BCUT2D eigenvalue weighted by molar-refractivity contribution is 0.0343. The van der Waals surface area contributed by atoms with Gasteiger partial charge >= 0.3 is 0 Å². The molecule has 0 amide bonds. The lowest BCUT2D eigenvalue weighted by Gasteiger charge is -2.24. The maximum atomic E-state index is 11.2. The van der Waals surface area contributed by atoms with Gasteiger partial charge in [0, 0.05) is 11.5 Å². The molecular weight excluding hydrogens is 298 g/mol. The summed E-state index contributed by atoms with van der Waals surface area (Å²) in [7, 11) is 1.64. The lowest BCUT2D eigenvalue weighted by Crippen LogP contribution is -2.27. The van der Waals surface area contributed by atoms with E-state index in [1.165, 1.54) is 11.3 Å². The second-order valence-corrected chi connectivity index (χ2v) is 6.24. The minimum atomic E-state index is -0.0147. The van der Waals surface area contributed by atoms with E-state index < -0.39 is 0 Å². The number of nitrogens with one attached hydrogen (secondary N) is 1. The topological polar surface area (TPSA) is 47.6 Å². The van der Waals surface area contributed by atoms with Crippen LogP contribution in [0.4, 0.5) is 5.69 Å². The summed E-state index contributed by atoms with van der Waals surface area (Å²) in [6.07, 6.45) is 5.22. The SMILES string of the molecule is COc1ccc(-c2cc(NC3CCCCO3)c([C]=O)s2)cc1. The average Bonchev–Trinajstić information content (AvgIpc) is 2.99. The second kappa shape index (κ2) is 6.94. The van der Waals surface area contributed by atoms with Gasteiger partial charge in [-0.05, 0) is 55.2 Å². The van der Waals surface area contributed by atoms with Gasteiger partial charge in [-0.3, -0.25) is 4.79 Å². The third kappa shape index (κ3) is 3.31. The number of hydrogen-bond acceptors (Lipinski definition) is 5. The Balaban J connectivity index is 1.81. The highest BCUT2D eigenvalue weighted by Gasteiger charge is 2.17. The van der Waals surface area contributed by atoms with Crippen LogP contribution < -0.4 is 10.1 Å². The normalized spacial score (nSPS) is 18.0. The van der Waals surface area contributed by atoms with Crippen LogP contribution in [0, 0.1) is 0 Å². The smallest absolute Gasteiger partial charge is 0.246 e. The Kier molecular flexibility index (Phi) is 4.75. The van der Waals surface area contributed by atoms with Crippen molar-refractivity contribution in [3.05, 3.63) is 35.2 Å². The molecule has 1 aliphatic rings. The van der Waals surface area contributed by atoms with Crippen molar-refractivity contribution in [1.29, 1.82) is 0 Å². The molecule has 0 saturated carbocycles. The Morgan fingerprint density at radius 1 is 1.32 bits per heavy atom. The highest BCUT2D eigenvalue weighted by molar-refractivity contribution is 7.17. The van der Waals surface area contributed by atoms with Crippen LogP contribution in [-0.2, 0) is 9.53 Å².